The molecule has 0 saturated carbocycles. The van der Waals surface area contributed by atoms with Gasteiger partial charge >= 0.3 is 5.97 Å². The Morgan fingerprint density at radius 2 is 2.07 bits per heavy atom. The second kappa shape index (κ2) is 5.05. The third kappa shape index (κ3) is 3.26. The van der Waals surface area contributed by atoms with Crippen molar-refractivity contribution >= 4 is 45.1 Å². The van der Waals surface area contributed by atoms with Crippen molar-refractivity contribution in [2.45, 2.75) is 13.0 Å². The lowest BCUT2D eigenvalue weighted by atomic mass is 10.3. The molecule has 82 valence electrons. The number of carboxylic acids is 1. The first-order chi connectivity index (χ1) is 6.91. The molecule has 1 N–H and O–H groups in total. The Hall–Kier alpha value is -0.450. The topological polar surface area (TPSA) is 46.5 Å². The zero-order valence-corrected chi connectivity index (χ0v) is 10.7. The van der Waals surface area contributed by atoms with Crippen LogP contribution in [0.25, 0.3) is 0 Å². The number of carbonyl (C=O) groups is 1. The van der Waals surface area contributed by atoms with E-state index in [1.165, 1.54) is 13.0 Å². The molecule has 0 saturated heterocycles. The third-order valence-electron chi connectivity index (χ3n) is 1.63. The maximum atomic E-state index is 10.6. The number of hydrogen-bond donors (Lipinski definition) is 1. The standard InChI is InChI=1S/C9H7BrCl2O3/c1-4(9(13)14)15-8-3-6(11)5(10)2-7(8)12/h2-4H,1H3,(H,13,14). The van der Waals surface area contributed by atoms with Gasteiger partial charge in [0.25, 0.3) is 0 Å². The molecule has 0 aromatic heterocycles. The van der Waals surface area contributed by atoms with E-state index in [0.717, 1.165) is 0 Å². The number of aliphatic carboxylic acids is 1. The van der Waals surface area contributed by atoms with Crippen LogP contribution in [0, 0.1) is 0 Å². The quantitative estimate of drug-likeness (QED) is 0.867. The van der Waals surface area contributed by atoms with Crippen molar-refractivity contribution in [1.82, 2.24) is 0 Å². The normalized spacial score (nSPS) is 12.3. The van der Waals surface area contributed by atoms with E-state index in [-0.39, 0.29) is 5.75 Å². The van der Waals surface area contributed by atoms with Crippen LogP contribution in [0.1, 0.15) is 6.92 Å². The largest absolute Gasteiger partial charge is 0.479 e. The van der Waals surface area contributed by atoms with Gasteiger partial charge in [0, 0.05) is 10.5 Å². The summed E-state index contributed by atoms with van der Waals surface area (Å²) in [6, 6.07) is 3.02. The van der Waals surface area contributed by atoms with Crippen molar-refractivity contribution in [1.29, 1.82) is 0 Å². The molecule has 1 aromatic rings. The molecule has 0 heterocycles. The molecule has 1 rings (SSSR count). The van der Waals surface area contributed by atoms with Crippen LogP contribution < -0.4 is 4.74 Å². The second-order valence-corrected chi connectivity index (χ2v) is 4.46. The molecule has 6 heteroatoms. The van der Waals surface area contributed by atoms with Gasteiger partial charge in [0.05, 0.1) is 10.0 Å². The Kier molecular flexibility index (Phi) is 4.25. The minimum absolute atomic E-state index is 0.250. The number of rotatable bonds is 3. The van der Waals surface area contributed by atoms with Crippen molar-refractivity contribution in [2.75, 3.05) is 0 Å². The van der Waals surface area contributed by atoms with Gasteiger partial charge in [0.2, 0.25) is 0 Å². The van der Waals surface area contributed by atoms with Gasteiger partial charge in [-0.2, -0.15) is 0 Å². The number of hydrogen-bond acceptors (Lipinski definition) is 2. The fraction of sp³-hybridized carbons (Fsp3) is 0.222. The summed E-state index contributed by atoms with van der Waals surface area (Å²) in [7, 11) is 0. The van der Waals surface area contributed by atoms with Crippen LogP contribution >= 0.6 is 39.1 Å². The van der Waals surface area contributed by atoms with E-state index in [2.05, 4.69) is 15.9 Å². The molecule has 0 aliphatic carbocycles. The highest BCUT2D eigenvalue weighted by Gasteiger charge is 2.15. The lowest BCUT2D eigenvalue weighted by molar-refractivity contribution is -0.144. The average molecular weight is 314 g/mol. The average Bonchev–Trinajstić information content (AvgIpc) is 2.13. The summed E-state index contributed by atoms with van der Waals surface area (Å²) in [4.78, 5) is 10.6. The molecule has 0 bridgehead atoms. The van der Waals surface area contributed by atoms with Crippen LogP contribution in [0.15, 0.2) is 16.6 Å². The molecule has 0 aliphatic rings. The first-order valence-corrected chi connectivity index (χ1v) is 5.50. The lowest BCUT2D eigenvalue weighted by Crippen LogP contribution is -2.23. The Balaban J connectivity index is 2.95. The molecule has 0 fully saturated rings. The van der Waals surface area contributed by atoms with E-state index < -0.39 is 12.1 Å². The van der Waals surface area contributed by atoms with Crippen molar-refractivity contribution in [3.05, 3.63) is 26.7 Å². The van der Waals surface area contributed by atoms with E-state index in [9.17, 15) is 4.79 Å². The highest BCUT2D eigenvalue weighted by molar-refractivity contribution is 9.10. The maximum Gasteiger partial charge on any atom is 0.344 e. The first kappa shape index (κ1) is 12.6. The molecule has 1 unspecified atom stereocenters. The van der Waals surface area contributed by atoms with E-state index in [1.54, 1.807) is 6.07 Å². The molecular weight excluding hydrogens is 307 g/mol. The molecule has 3 nitrogen and oxygen atoms in total. The predicted octanol–water partition coefficient (Wildman–Crippen LogP) is 3.61. The van der Waals surface area contributed by atoms with E-state index in [1.807, 2.05) is 0 Å². The molecule has 1 atom stereocenters. The fourth-order valence-corrected chi connectivity index (χ4v) is 1.67. The van der Waals surface area contributed by atoms with Gasteiger partial charge in [-0.25, -0.2) is 4.79 Å². The van der Waals surface area contributed by atoms with E-state index >= 15 is 0 Å². The number of halogens is 3. The highest BCUT2D eigenvalue weighted by atomic mass is 79.9. The third-order valence-corrected chi connectivity index (χ3v) is 3.12. The summed E-state index contributed by atoms with van der Waals surface area (Å²) >= 11 is 14.8. The van der Waals surface area contributed by atoms with Gasteiger partial charge in [-0.3, -0.25) is 0 Å². The zero-order chi connectivity index (χ0) is 11.6. The molecule has 15 heavy (non-hydrogen) atoms. The maximum absolute atomic E-state index is 10.6. The summed E-state index contributed by atoms with van der Waals surface area (Å²) in [5.74, 6) is -0.815. The van der Waals surface area contributed by atoms with Gasteiger partial charge < -0.3 is 9.84 Å². The molecule has 0 aliphatic heterocycles. The summed E-state index contributed by atoms with van der Waals surface area (Å²) in [5.41, 5.74) is 0. The van der Waals surface area contributed by atoms with Gasteiger partial charge in [0.1, 0.15) is 5.75 Å². The number of ether oxygens (including phenoxy) is 1. The van der Waals surface area contributed by atoms with Gasteiger partial charge in [0.15, 0.2) is 6.10 Å². The van der Waals surface area contributed by atoms with Crippen LogP contribution in [-0.4, -0.2) is 17.2 Å². The monoisotopic (exact) mass is 312 g/mol. The lowest BCUT2D eigenvalue weighted by Gasteiger charge is -2.12. The smallest absolute Gasteiger partial charge is 0.344 e. The summed E-state index contributed by atoms with van der Waals surface area (Å²) in [5, 5.41) is 9.36. The summed E-state index contributed by atoms with van der Waals surface area (Å²) in [6.45, 7) is 1.41. The predicted molar refractivity (Wildman–Crippen MR) is 61.9 cm³/mol. The second-order valence-electron chi connectivity index (χ2n) is 2.80. The van der Waals surface area contributed by atoms with Crippen LogP contribution in [0.4, 0.5) is 0 Å². The number of carboxylic acid groups (broad SMARTS) is 1. The molecule has 0 amide bonds. The van der Waals surface area contributed by atoms with Crippen molar-refractivity contribution in [3.8, 4) is 5.75 Å². The Morgan fingerprint density at radius 3 is 2.60 bits per heavy atom. The molecular formula is C9H7BrCl2O3. The highest BCUT2D eigenvalue weighted by Crippen LogP contribution is 2.34. The van der Waals surface area contributed by atoms with Crippen LogP contribution in [-0.2, 0) is 4.79 Å². The number of benzene rings is 1. The van der Waals surface area contributed by atoms with Crippen molar-refractivity contribution in [2.24, 2.45) is 0 Å². The molecule has 1 aromatic carbocycles. The van der Waals surface area contributed by atoms with Crippen LogP contribution in [0.2, 0.25) is 10.0 Å². The minimum Gasteiger partial charge on any atom is -0.479 e. The minimum atomic E-state index is -1.06. The van der Waals surface area contributed by atoms with Gasteiger partial charge in [-0.05, 0) is 28.9 Å². The summed E-state index contributed by atoms with van der Waals surface area (Å²) in [6.07, 6.45) is -0.972. The molecule has 0 radical (unpaired) electrons. The Labute approximate surface area is 105 Å². The zero-order valence-electron chi connectivity index (χ0n) is 7.63. The van der Waals surface area contributed by atoms with Crippen LogP contribution in [0.3, 0.4) is 0 Å². The van der Waals surface area contributed by atoms with E-state index in [4.69, 9.17) is 33.0 Å². The van der Waals surface area contributed by atoms with Gasteiger partial charge in [-0.15, -0.1) is 0 Å². The van der Waals surface area contributed by atoms with Crippen LogP contribution in [0.5, 0.6) is 5.75 Å². The van der Waals surface area contributed by atoms with Crippen molar-refractivity contribution < 1.29 is 14.6 Å². The fourth-order valence-electron chi connectivity index (χ4n) is 0.835. The first-order valence-electron chi connectivity index (χ1n) is 3.96. The Bertz CT molecular complexity index is 395. The van der Waals surface area contributed by atoms with E-state index in [0.29, 0.717) is 14.5 Å². The summed E-state index contributed by atoms with van der Waals surface area (Å²) < 4.78 is 5.73. The molecule has 0 spiro atoms. The van der Waals surface area contributed by atoms with Crippen molar-refractivity contribution in [3.63, 3.8) is 0 Å². The Morgan fingerprint density at radius 1 is 1.47 bits per heavy atom. The SMILES string of the molecule is CC(Oc1cc(Cl)c(Br)cc1Cl)C(=O)O. The van der Waals surface area contributed by atoms with Gasteiger partial charge in [-0.1, -0.05) is 23.2 Å².